The van der Waals surface area contributed by atoms with Gasteiger partial charge in [0.1, 0.15) is 0 Å². The second kappa shape index (κ2) is 5.75. The molecule has 6 heteroatoms. The number of benzene rings is 1. The van der Waals surface area contributed by atoms with E-state index in [1.807, 2.05) is 18.2 Å². The largest absolute Gasteiger partial charge is 0.311 e. The van der Waals surface area contributed by atoms with Crippen LogP contribution in [-0.4, -0.2) is 22.8 Å². The summed E-state index contributed by atoms with van der Waals surface area (Å²) in [7, 11) is 0. The Hall–Kier alpha value is -0.330. The summed E-state index contributed by atoms with van der Waals surface area (Å²) in [6.07, 6.45) is 0.429. The maximum atomic E-state index is 11.9. The van der Waals surface area contributed by atoms with Gasteiger partial charge in [-0.1, -0.05) is 11.8 Å². The van der Waals surface area contributed by atoms with Crippen molar-refractivity contribution in [1.29, 1.82) is 0 Å². The molecule has 3 nitrogen and oxygen atoms in total. The van der Waals surface area contributed by atoms with E-state index in [-0.39, 0.29) is 16.3 Å². The molecule has 0 N–H and O–H groups in total. The molecule has 1 heterocycles. The Kier molecular flexibility index (Phi) is 4.50. The van der Waals surface area contributed by atoms with Gasteiger partial charge in [0.15, 0.2) is 5.12 Å². The molecule has 0 radical (unpaired) electrons. The molecule has 0 spiro atoms. The minimum atomic E-state index is 0.0617. The van der Waals surface area contributed by atoms with Crippen molar-refractivity contribution in [3.8, 4) is 0 Å². The molecule has 1 amide bonds. The van der Waals surface area contributed by atoms with Crippen LogP contribution < -0.4 is 4.90 Å². The zero-order chi connectivity index (χ0) is 13.3. The first-order chi connectivity index (χ1) is 8.47. The maximum Gasteiger partial charge on any atom is 0.228 e. The van der Waals surface area contributed by atoms with Crippen molar-refractivity contribution in [2.45, 2.75) is 18.6 Å². The number of rotatable bonds is 2. The molecule has 1 aliphatic heterocycles. The number of carbonyl (C=O) groups is 2. The highest BCUT2D eigenvalue weighted by Gasteiger charge is 2.31. The van der Waals surface area contributed by atoms with E-state index in [2.05, 4.69) is 31.9 Å². The summed E-state index contributed by atoms with van der Waals surface area (Å²) in [6, 6.07) is 5.70. The van der Waals surface area contributed by atoms with Crippen LogP contribution in [0.2, 0.25) is 0 Å². The highest BCUT2D eigenvalue weighted by atomic mass is 79.9. The lowest BCUT2D eigenvalue weighted by Crippen LogP contribution is -2.24. The smallest absolute Gasteiger partial charge is 0.228 e. The Labute approximate surface area is 127 Å². The standard InChI is InChI=1S/C12H11Br2NO2S/c1-7(16)18-9-5-12(17)15(6-9)8-2-3-10(13)11(14)4-8/h2-4,9H,5-6H2,1H3. The number of carbonyl (C=O) groups excluding carboxylic acids is 2. The Balaban J connectivity index is 2.16. The molecule has 1 atom stereocenters. The lowest BCUT2D eigenvalue weighted by Gasteiger charge is -2.17. The zero-order valence-electron chi connectivity index (χ0n) is 9.65. The average molecular weight is 393 g/mol. The fourth-order valence-corrected chi connectivity index (χ4v) is 3.42. The fourth-order valence-electron chi connectivity index (χ4n) is 1.89. The van der Waals surface area contributed by atoms with Gasteiger partial charge in [0.05, 0.1) is 0 Å². The number of anilines is 1. The number of halogens is 2. The van der Waals surface area contributed by atoms with Crippen LogP contribution in [0, 0.1) is 0 Å². The van der Waals surface area contributed by atoms with Gasteiger partial charge < -0.3 is 4.90 Å². The van der Waals surface area contributed by atoms with Gasteiger partial charge in [-0.15, -0.1) is 0 Å². The number of hydrogen-bond donors (Lipinski definition) is 0. The van der Waals surface area contributed by atoms with Crippen molar-refractivity contribution in [3.63, 3.8) is 0 Å². The van der Waals surface area contributed by atoms with E-state index in [1.165, 1.54) is 18.7 Å². The van der Waals surface area contributed by atoms with E-state index in [0.717, 1.165) is 14.6 Å². The van der Waals surface area contributed by atoms with Crippen LogP contribution in [0.15, 0.2) is 27.1 Å². The van der Waals surface area contributed by atoms with Crippen LogP contribution >= 0.6 is 43.6 Å². The summed E-state index contributed by atoms with van der Waals surface area (Å²) >= 11 is 8.07. The molecule has 1 aliphatic rings. The van der Waals surface area contributed by atoms with E-state index in [1.54, 1.807) is 4.90 Å². The minimum Gasteiger partial charge on any atom is -0.311 e. The highest BCUT2D eigenvalue weighted by molar-refractivity contribution is 9.13. The third kappa shape index (κ3) is 3.16. The monoisotopic (exact) mass is 391 g/mol. The topological polar surface area (TPSA) is 37.4 Å². The van der Waals surface area contributed by atoms with Crippen LogP contribution in [0.5, 0.6) is 0 Å². The first-order valence-electron chi connectivity index (χ1n) is 5.40. The number of amides is 1. The Morgan fingerprint density at radius 3 is 2.72 bits per heavy atom. The van der Waals surface area contributed by atoms with Crippen LogP contribution in [0.3, 0.4) is 0 Å². The Bertz CT molecular complexity index is 507. The first kappa shape index (κ1) is 14.1. The summed E-state index contributed by atoms with van der Waals surface area (Å²) in [5.41, 5.74) is 0.863. The lowest BCUT2D eigenvalue weighted by atomic mass is 10.3. The van der Waals surface area contributed by atoms with Crippen LogP contribution in [0.25, 0.3) is 0 Å². The first-order valence-corrected chi connectivity index (χ1v) is 7.86. The van der Waals surface area contributed by atoms with Gasteiger partial charge in [0.2, 0.25) is 5.91 Å². The molecule has 0 aliphatic carbocycles. The lowest BCUT2D eigenvalue weighted by molar-refractivity contribution is -0.117. The number of hydrogen-bond acceptors (Lipinski definition) is 3. The third-order valence-electron chi connectivity index (χ3n) is 2.64. The second-order valence-corrected chi connectivity index (χ2v) is 7.22. The van der Waals surface area contributed by atoms with E-state index >= 15 is 0 Å². The molecule has 0 bridgehead atoms. The molecule has 1 fully saturated rings. The van der Waals surface area contributed by atoms with E-state index < -0.39 is 0 Å². The average Bonchev–Trinajstić information content (AvgIpc) is 2.62. The maximum absolute atomic E-state index is 11.9. The van der Waals surface area contributed by atoms with E-state index in [9.17, 15) is 9.59 Å². The van der Waals surface area contributed by atoms with Gasteiger partial charge in [-0.05, 0) is 50.1 Å². The van der Waals surface area contributed by atoms with Crippen molar-refractivity contribution < 1.29 is 9.59 Å². The molecule has 96 valence electrons. The Morgan fingerprint density at radius 2 is 2.11 bits per heavy atom. The Morgan fingerprint density at radius 1 is 1.39 bits per heavy atom. The summed E-state index contributed by atoms with van der Waals surface area (Å²) in [4.78, 5) is 24.7. The number of thioether (sulfide) groups is 1. The van der Waals surface area contributed by atoms with Gasteiger partial charge in [-0.2, -0.15) is 0 Å². The predicted molar refractivity (Wildman–Crippen MR) is 80.9 cm³/mol. The molecule has 0 saturated carbocycles. The highest BCUT2D eigenvalue weighted by Crippen LogP contribution is 2.32. The van der Waals surface area contributed by atoms with Crippen molar-refractivity contribution in [2.75, 3.05) is 11.4 Å². The van der Waals surface area contributed by atoms with E-state index in [4.69, 9.17) is 0 Å². The molecule has 18 heavy (non-hydrogen) atoms. The van der Waals surface area contributed by atoms with Crippen molar-refractivity contribution in [1.82, 2.24) is 0 Å². The molecular weight excluding hydrogens is 382 g/mol. The quantitative estimate of drug-likeness (QED) is 0.771. The third-order valence-corrected chi connectivity index (χ3v) is 5.50. The van der Waals surface area contributed by atoms with Crippen molar-refractivity contribution in [3.05, 3.63) is 27.1 Å². The minimum absolute atomic E-state index is 0.0617. The zero-order valence-corrected chi connectivity index (χ0v) is 13.6. The summed E-state index contributed by atoms with van der Waals surface area (Å²) in [5, 5.41) is 0.129. The molecule has 1 unspecified atom stereocenters. The SMILES string of the molecule is CC(=O)SC1CC(=O)N(c2ccc(Br)c(Br)c2)C1. The normalized spacial score (nSPS) is 19.4. The van der Waals surface area contributed by atoms with Crippen LogP contribution in [0.1, 0.15) is 13.3 Å². The van der Waals surface area contributed by atoms with Crippen molar-refractivity contribution >= 4 is 60.3 Å². The molecule has 1 saturated heterocycles. The van der Waals surface area contributed by atoms with Gasteiger partial charge in [0.25, 0.3) is 0 Å². The predicted octanol–water partition coefficient (Wildman–Crippen LogP) is 3.60. The molecule has 1 aromatic carbocycles. The van der Waals surface area contributed by atoms with Gasteiger partial charge in [-0.25, -0.2) is 0 Å². The molecule has 2 rings (SSSR count). The second-order valence-electron chi connectivity index (χ2n) is 4.04. The van der Waals surface area contributed by atoms with Gasteiger partial charge >= 0.3 is 0 Å². The summed E-state index contributed by atoms with van der Waals surface area (Å²) in [6.45, 7) is 2.13. The van der Waals surface area contributed by atoms with Gasteiger partial charge in [-0.3, -0.25) is 9.59 Å². The number of nitrogens with zero attached hydrogens (tertiary/aromatic N) is 1. The fraction of sp³-hybridized carbons (Fsp3) is 0.333. The van der Waals surface area contributed by atoms with Crippen molar-refractivity contribution in [2.24, 2.45) is 0 Å². The van der Waals surface area contributed by atoms with Crippen LogP contribution in [-0.2, 0) is 9.59 Å². The molecule has 0 aromatic heterocycles. The molecular formula is C12H11Br2NO2S. The van der Waals surface area contributed by atoms with E-state index in [0.29, 0.717) is 13.0 Å². The summed E-state index contributed by atoms with van der Waals surface area (Å²) in [5.74, 6) is 0.0722. The summed E-state index contributed by atoms with van der Waals surface area (Å²) < 4.78 is 1.86. The molecule has 1 aromatic rings. The van der Waals surface area contributed by atoms with Crippen LogP contribution in [0.4, 0.5) is 5.69 Å². The van der Waals surface area contributed by atoms with Gasteiger partial charge in [0, 0.05) is 39.8 Å².